The van der Waals surface area contributed by atoms with Crippen molar-refractivity contribution in [3.05, 3.63) is 52.7 Å². The Bertz CT molecular complexity index is 1080. The average molecular weight is 409 g/mol. The number of para-hydroxylation sites is 1. The maximum atomic E-state index is 13.6. The molecule has 0 radical (unpaired) electrons. The minimum Gasteiger partial charge on any atom is -0.383 e. The maximum Gasteiger partial charge on any atom is 0.449 e. The fraction of sp³-hybridized carbons (Fsp3) is 0.333. The molecule has 2 heterocycles. The van der Waals surface area contributed by atoms with Crippen molar-refractivity contribution in [1.29, 1.82) is 0 Å². The van der Waals surface area contributed by atoms with E-state index in [1.165, 1.54) is 7.11 Å². The van der Waals surface area contributed by atoms with Crippen LogP contribution in [0.4, 0.5) is 13.2 Å². The molecule has 0 bridgehead atoms. The molecule has 1 unspecified atom stereocenters. The molecule has 29 heavy (non-hydrogen) atoms. The van der Waals surface area contributed by atoms with Gasteiger partial charge in [0, 0.05) is 13.2 Å². The summed E-state index contributed by atoms with van der Waals surface area (Å²) in [5.74, 6) is -2.24. The van der Waals surface area contributed by atoms with Crippen LogP contribution in [0.25, 0.3) is 16.7 Å². The topological polar surface area (TPSA) is 91.0 Å². The maximum absolute atomic E-state index is 13.6. The predicted octanol–water partition coefficient (Wildman–Crippen LogP) is 1.75. The number of amides is 1. The molecule has 1 atom stereocenters. The van der Waals surface area contributed by atoms with Crippen LogP contribution in [-0.4, -0.2) is 45.0 Å². The van der Waals surface area contributed by atoms with Crippen LogP contribution in [0.1, 0.15) is 12.7 Å². The van der Waals surface area contributed by atoms with Crippen LogP contribution >= 0.6 is 0 Å². The van der Waals surface area contributed by atoms with Crippen molar-refractivity contribution in [3.63, 3.8) is 0 Å². The highest BCUT2D eigenvalue weighted by Gasteiger charge is 2.38. The van der Waals surface area contributed by atoms with Crippen molar-refractivity contribution >= 4 is 16.9 Å². The molecule has 0 fully saturated rings. The van der Waals surface area contributed by atoms with Gasteiger partial charge in [-0.2, -0.15) is 18.3 Å². The number of fused-ring (bicyclic) bond motifs is 1. The van der Waals surface area contributed by atoms with Gasteiger partial charge >= 0.3 is 6.18 Å². The van der Waals surface area contributed by atoms with E-state index in [0.717, 1.165) is 10.9 Å². The quantitative estimate of drug-likeness (QED) is 0.670. The Morgan fingerprint density at radius 1 is 1.28 bits per heavy atom. The number of nitrogens with zero attached hydrogens (tertiary/aromatic N) is 4. The van der Waals surface area contributed by atoms with E-state index >= 15 is 0 Å². The third-order valence-electron chi connectivity index (χ3n) is 4.07. The predicted molar refractivity (Wildman–Crippen MR) is 97.6 cm³/mol. The van der Waals surface area contributed by atoms with Gasteiger partial charge in [0.25, 0.3) is 5.56 Å². The number of carbonyl (C=O) groups is 1. The van der Waals surface area contributed by atoms with E-state index in [0.29, 0.717) is 10.3 Å². The normalized spacial score (nSPS) is 12.9. The second kappa shape index (κ2) is 8.03. The van der Waals surface area contributed by atoms with Crippen LogP contribution in [-0.2, 0) is 22.3 Å². The number of ether oxygens (including phenoxy) is 1. The highest BCUT2D eigenvalue weighted by atomic mass is 19.4. The molecule has 0 spiro atoms. The number of benzene rings is 1. The first-order valence-corrected chi connectivity index (χ1v) is 8.62. The van der Waals surface area contributed by atoms with Gasteiger partial charge in [-0.3, -0.25) is 14.2 Å². The van der Waals surface area contributed by atoms with Gasteiger partial charge in [0.05, 0.1) is 18.5 Å². The van der Waals surface area contributed by atoms with Gasteiger partial charge in [-0.15, -0.1) is 0 Å². The summed E-state index contributed by atoms with van der Waals surface area (Å²) in [4.78, 5) is 28.5. The van der Waals surface area contributed by atoms with Crippen molar-refractivity contribution in [2.24, 2.45) is 0 Å². The standard InChI is InChI=1S/C18H18F3N5O3/c1-11(10-29-2)23-14(27)9-25-16(28)13-8-22-26(12-6-4-3-5-7-12)15(13)24-17(25)18(19,20)21/h3-8,11H,9-10H2,1-2H3,(H,23,27). The summed E-state index contributed by atoms with van der Waals surface area (Å²) in [6.07, 6.45) is -3.81. The number of rotatable bonds is 6. The molecular weight excluding hydrogens is 391 g/mol. The monoisotopic (exact) mass is 409 g/mol. The molecule has 154 valence electrons. The summed E-state index contributed by atoms with van der Waals surface area (Å²) in [5.41, 5.74) is -0.789. The molecule has 8 nitrogen and oxygen atoms in total. The minimum atomic E-state index is -4.95. The molecule has 3 rings (SSSR count). The van der Waals surface area contributed by atoms with Gasteiger partial charge in [0.2, 0.25) is 11.7 Å². The fourth-order valence-electron chi connectivity index (χ4n) is 2.88. The second-order valence-corrected chi connectivity index (χ2v) is 6.38. The number of carbonyl (C=O) groups excluding carboxylic acids is 1. The fourth-order valence-corrected chi connectivity index (χ4v) is 2.88. The van der Waals surface area contributed by atoms with Crippen molar-refractivity contribution < 1.29 is 22.7 Å². The Hall–Kier alpha value is -3.21. The zero-order chi connectivity index (χ0) is 21.2. The van der Waals surface area contributed by atoms with E-state index in [1.807, 2.05) is 0 Å². The Morgan fingerprint density at radius 3 is 2.59 bits per heavy atom. The van der Waals surface area contributed by atoms with Crippen LogP contribution in [0, 0.1) is 0 Å². The summed E-state index contributed by atoms with van der Waals surface area (Å²) in [5, 5.41) is 6.35. The number of nitrogens with one attached hydrogen (secondary N) is 1. The number of methoxy groups -OCH3 is 1. The lowest BCUT2D eigenvalue weighted by molar-refractivity contribution is -0.148. The van der Waals surface area contributed by atoms with E-state index in [1.54, 1.807) is 37.3 Å². The van der Waals surface area contributed by atoms with Gasteiger partial charge in [-0.1, -0.05) is 18.2 Å². The molecule has 0 saturated carbocycles. The van der Waals surface area contributed by atoms with Crippen LogP contribution in [0.5, 0.6) is 0 Å². The molecule has 3 aromatic rings. The van der Waals surface area contributed by atoms with Gasteiger partial charge in [0.1, 0.15) is 11.9 Å². The Labute approximate surface area is 162 Å². The largest absolute Gasteiger partial charge is 0.449 e. The van der Waals surface area contributed by atoms with Gasteiger partial charge < -0.3 is 10.1 Å². The van der Waals surface area contributed by atoms with E-state index in [2.05, 4.69) is 15.4 Å². The SMILES string of the molecule is COCC(C)NC(=O)Cn1c(C(F)(F)F)nc2c(cnn2-c2ccccc2)c1=O. The Morgan fingerprint density at radius 2 is 1.97 bits per heavy atom. The molecular formula is C18H18F3N5O3. The van der Waals surface area contributed by atoms with Crippen molar-refractivity contribution in [2.75, 3.05) is 13.7 Å². The van der Waals surface area contributed by atoms with Crippen LogP contribution < -0.4 is 10.9 Å². The van der Waals surface area contributed by atoms with E-state index in [-0.39, 0.29) is 17.6 Å². The van der Waals surface area contributed by atoms with E-state index in [9.17, 15) is 22.8 Å². The highest BCUT2D eigenvalue weighted by molar-refractivity contribution is 5.78. The number of aromatic nitrogens is 4. The molecule has 2 aromatic heterocycles. The molecule has 11 heteroatoms. The smallest absolute Gasteiger partial charge is 0.383 e. The van der Waals surface area contributed by atoms with Gasteiger partial charge in [-0.05, 0) is 19.1 Å². The van der Waals surface area contributed by atoms with Crippen LogP contribution in [0.15, 0.2) is 41.3 Å². The number of alkyl halides is 3. The first-order valence-electron chi connectivity index (χ1n) is 8.62. The zero-order valence-electron chi connectivity index (χ0n) is 15.6. The number of hydrogen-bond donors (Lipinski definition) is 1. The molecule has 1 N–H and O–H groups in total. The van der Waals surface area contributed by atoms with Crippen molar-refractivity contribution in [1.82, 2.24) is 24.6 Å². The van der Waals surface area contributed by atoms with Crippen molar-refractivity contribution in [2.45, 2.75) is 25.7 Å². The third kappa shape index (κ3) is 4.29. The lowest BCUT2D eigenvalue weighted by Crippen LogP contribution is -2.41. The Kier molecular flexibility index (Phi) is 5.69. The van der Waals surface area contributed by atoms with E-state index < -0.39 is 36.1 Å². The van der Waals surface area contributed by atoms with Crippen molar-refractivity contribution in [3.8, 4) is 5.69 Å². The first-order chi connectivity index (χ1) is 13.7. The number of halogens is 3. The summed E-state index contributed by atoms with van der Waals surface area (Å²) in [7, 11) is 1.43. The summed E-state index contributed by atoms with van der Waals surface area (Å²) >= 11 is 0. The molecule has 1 amide bonds. The molecule has 0 aliphatic rings. The zero-order valence-corrected chi connectivity index (χ0v) is 15.6. The van der Waals surface area contributed by atoms with Gasteiger partial charge in [-0.25, -0.2) is 9.67 Å². The van der Waals surface area contributed by atoms with E-state index in [4.69, 9.17) is 4.74 Å². The third-order valence-corrected chi connectivity index (χ3v) is 4.07. The molecule has 1 aromatic carbocycles. The number of hydrogen-bond acceptors (Lipinski definition) is 5. The summed E-state index contributed by atoms with van der Waals surface area (Å²) in [6, 6.07) is 7.91. The molecule has 0 aliphatic carbocycles. The molecule has 0 saturated heterocycles. The second-order valence-electron chi connectivity index (χ2n) is 6.38. The van der Waals surface area contributed by atoms with Crippen LogP contribution in [0.3, 0.4) is 0 Å². The summed E-state index contributed by atoms with van der Waals surface area (Å²) in [6.45, 7) is 0.968. The molecule has 0 aliphatic heterocycles. The summed E-state index contributed by atoms with van der Waals surface area (Å²) < 4.78 is 47.2. The lowest BCUT2D eigenvalue weighted by atomic mass is 10.3. The average Bonchev–Trinajstić information content (AvgIpc) is 3.08. The van der Waals surface area contributed by atoms with Gasteiger partial charge in [0.15, 0.2) is 5.65 Å². The Balaban J connectivity index is 2.10. The highest BCUT2D eigenvalue weighted by Crippen LogP contribution is 2.28. The minimum absolute atomic E-state index is 0.125. The first kappa shape index (κ1) is 20.5. The van der Waals surface area contributed by atoms with Crippen LogP contribution in [0.2, 0.25) is 0 Å². The lowest BCUT2D eigenvalue weighted by Gasteiger charge is -2.17.